The van der Waals surface area contributed by atoms with E-state index in [1.807, 2.05) is 58.0 Å². The topological polar surface area (TPSA) is 161 Å². The highest BCUT2D eigenvalue weighted by Gasteiger charge is 2.36. The molecule has 0 aromatic heterocycles. The Balaban J connectivity index is 1.67. The van der Waals surface area contributed by atoms with E-state index >= 15 is 0 Å². The first kappa shape index (κ1) is 35.7. The Hall–Kier alpha value is -3.80. The summed E-state index contributed by atoms with van der Waals surface area (Å²) in [5.41, 5.74) is 8.75. The predicted octanol–water partition coefficient (Wildman–Crippen LogP) is 4.34. The lowest BCUT2D eigenvalue weighted by Crippen LogP contribution is -2.50. The Labute approximate surface area is 267 Å². The van der Waals surface area contributed by atoms with Crippen molar-refractivity contribution in [2.45, 2.75) is 116 Å². The molecule has 0 saturated carbocycles. The molecule has 0 fully saturated rings. The van der Waals surface area contributed by atoms with E-state index in [4.69, 9.17) is 15.2 Å². The first-order valence-corrected chi connectivity index (χ1v) is 16.7. The summed E-state index contributed by atoms with van der Waals surface area (Å²) in [7, 11) is -4.13. The molecule has 0 spiro atoms. The van der Waals surface area contributed by atoms with E-state index < -0.39 is 33.4 Å². The molecule has 1 heterocycles. The van der Waals surface area contributed by atoms with Crippen LogP contribution in [0.15, 0.2) is 39.6 Å². The second-order valence-electron chi connectivity index (χ2n) is 13.4. The van der Waals surface area contributed by atoms with Crippen molar-refractivity contribution in [2.75, 3.05) is 6.54 Å². The van der Waals surface area contributed by atoms with Gasteiger partial charge in [-0.25, -0.2) is 4.79 Å². The van der Waals surface area contributed by atoms with Gasteiger partial charge in [0, 0.05) is 24.6 Å². The standard InChI is InChI=1S/C33H49N5O6S/c1-20(18-24-14-11-10-12-15-24)36-29(39)26(37-31(40)44-32(5,6)7)16-13-17-35-30(34)38-45(41,42)28-22(3)21(2)27-25(23(28)4)19-33(8,9)43-27/h10-12,14-15,20,26H,13,16-19H2,1-9H3,(H,36,39)(H,37,40)(H3,34,35,38)/t20-,26?/m1/s1. The number of nitrogens with one attached hydrogen (secondary N) is 3. The Morgan fingerprint density at radius 1 is 1.07 bits per heavy atom. The zero-order chi connectivity index (χ0) is 33.7. The van der Waals surface area contributed by atoms with Crippen LogP contribution >= 0.6 is 0 Å². The maximum absolute atomic E-state index is 13.4. The highest BCUT2D eigenvalue weighted by Crippen LogP contribution is 2.44. The van der Waals surface area contributed by atoms with Crippen LogP contribution < -0.4 is 26.4 Å². The SMILES string of the molecule is Cc1c(C)c(S(=O)(=O)/N=C(\N)NCCCC(NC(=O)OC(C)(C)C)C(=O)N[C@H](C)Cc2ccccc2)c(C)c2c1OC(C)(C)C2. The minimum Gasteiger partial charge on any atom is -0.487 e. The average Bonchev–Trinajstić information content (AvgIpc) is 3.24. The maximum Gasteiger partial charge on any atom is 0.408 e. The van der Waals surface area contributed by atoms with Gasteiger partial charge in [-0.15, -0.1) is 4.40 Å². The molecule has 248 valence electrons. The molecule has 1 unspecified atom stereocenters. The van der Waals surface area contributed by atoms with Gasteiger partial charge in [0.2, 0.25) is 11.9 Å². The van der Waals surface area contributed by atoms with Gasteiger partial charge < -0.3 is 31.2 Å². The van der Waals surface area contributed by atoms with E-state index in [9.17, 15) is 18.0 Å². The lowest BCUT2D eigenvalue weighted by atomic mass is 9.94. The number of hydrogen-bond acceptors (Lipinski definition) is 6. The lowest BCUT2D eigenvalue weighted by molar-refractivity contribution is -0.124. The minimum absolute atomic E-state index is 0.132. The molecular formula is C33H49N5O6S. The second kappa shape index (κ2) is 14.1. The molecule has 2 aromatic carbocycles. The van der Waals surface area contributed by atoms with E-state index in [2.05, 4.69) is 20.3 Å². The second-order valence-corrected chi connectivity index (χ2v) is 14.9. The Morgan fingerprint density at radius 3 is 2.33 bits per heavy atom. The number of nitrogens with two attached hydrogens (primary N) is 1. The van der Waals surface area contributed by atoms with Gasteiger partial charge in [0.25, 0.3) is 10.0 Å². The molecule has 2 aromatic rings. The highest BCUT2D eigenvalue weighted by molar-refractivity contribution is 7.90. The molecule has 5 N–H and O–H groups in total. The van der Waals surface area contributed by atoms with Crippen LogP contribution in [0.4, 0.5) is 4.79 Å². The molecule has 2 atom stereocenters. The van der Waals surface area contributed by atoms with Gasteiger partial charge in [-0.05, 0) is 104 Å². The summed E-state index contributed by atoms with van der Waals surface area (Å²) in [5.74, 6) is 0.122. The molecule has 45 heavy (non-hydrogen) atoms. The van der Waals surface area contributed by atoms with Crippen LogP contribution in [0.2, 0.25) is 0 Å². The molecule has 12 heteroatoms. The van der Waals surface area contributed by atoms with Gasteiger partial charge in [0.05, 0.1) is 4.90 Å². The molecule has 0 saturated heterocycles. The van der Waals surface area contributed by atoms with E-state index in [0.717, 1.165) is 22.4 Å². The fourth-order valence-electron chi connectivity index (χ4n) is 5.44. The van der Waals surface area contributed by atoms with Gasteiger partial charge in [-0.3, -0.25) is 4.79 Å². The zero-order valence-corrected chi connectivity index (χ0v) is 28.8. The monoisotopic (exact) mass is 643 g/mol. The number of alkyl carbamates (subject to hydrolysis) is 1. The molecule has 11 nitrogen and oxygen atoms in total. The smallest absolute Gasteiger partial charge is 0.408 e. The molecule has 2 amide bonds. The number of carbonyl (C=O) groups is 2. The van der Waals surface area contributed by atoms with Crippen molar-refractivity contribution in [3.05, 3.63) is 58.1 Å². The first-order chi connectivity index (χ1) is 20.8. The van der Waals surface area contributed by atoms with Crippen LogP contribution in [-0.4, -0.2) is 56.2 Å². The zero-order valence-electron chi connectivity index (χ0n) is 28.0. The fraction of sp³-hybridized carbons (Fsp3) is 0.545. The molecule has 0 bridgehead atoms. The highest BCUT2D eigenvalue weighted by atomic mass is 32.2. The maximum atomic E-state index is 13.4. The number of hydrogen-bond donors (Lipinski definition) is 4. The predicted molar refractivity (Wildman–Crippen MR) is 176 cm³/mol. The van der Waals surface area contributed by atoms with Crippen molar-refractivity contribution in [2.24, 2.45) is 10.1 Å². The van der Waals surface area contributed by atoms with Gasteiger partial charge in [-0.2, -0.15) is 8.42 Å². The van der Waals surface area contributed by atoms with Crippen LogP contribution in [0.1, 0.15) is 82.2 Å². The summed E-state index contributed by atoms with van der Waals surface area (Å²) in [6.45, 7) is 16.6. The largest absolute Gasteiger partial charge is 0.487 e. The summed E-state index contributed by atoms with van der Waals surface area (Å²) in [5, 5.41) is 8.47. The summed E-state index contributed by atoms with van der Waals surface area (Å²) < 4.78 is 42.2. The average molecular weight is 644 g/mol. The molecule has 3 rings (SSSR count). The third-order valence-electron chi connectivity index (χ3n) is 7.52. The number of sulfonamides is 1. The van der Waals surface area contributed by atoms with Gasteiger partial charge >= 0.3 is 6.09 Å². The number of fused-ring (bicyclic) bond motifs is 1. The van der Waals surface area contributed by atoms with Crippen LogP contribution in [0, 0.1) is 20.8 Å². The molecular weight excluding hydrogens is 594 g/mol. The van der Waals surface area contributed by atoms with Crippen molar-refractivity contribution in [3.63, 3.8) is 0 Å². The normalized spacial score (nSPS) is 15.8. The van der Waals surface area contributed by atoms with E-state index in [1.165, 1.54) is 0 Å². The van der Waals surface area contributed by atoms with Gasteiger partial charge in [-0.1, -0.05) is 30.3 Å². The number of benzene rings is 2. The van der Waals surface area contributed by atoms with Crippen molar-refractivity contribution < 1.29 is 27.5 Å². The van der Waals surface area contributed by atoms with Crippen LogP contribution in [0.3, 0.4) is 0 Å². The fourth-order valence-corrected chi connectivity index (χ4v) is 6.91. The van der Waals surface area contributed by atoms with E-state index in [0.29, 0.717) is 30.4 Å². The van der Waals surface area contributed by atoms with Crippen molar-refractivity contribution in [1.29, 1.82) is 0 Å². The van der Waals surface area contributed by atoms with Crippen molar-refractivity contribution in [3.8, 4) is 5.75 Å². The Morgan fingerprint density at radius 2 is 1.71 bits per heavy atom. The summed E-state index contributed by atoms with van der Waals surface area (Å²) >= 11 is 0. The van der Waals surface area contributed by atoms with Crippen molar-refractivity contribution in [1.82, 2.24) is 16.0 Å². The number of nitrogens with zero attached hydrogens (tertiary/aromatic N) is 1. The van der Waals surface area contributed by atoms with Gasteiger partial charge in [0.15, 0.2) is 0 Å². The molecule has 0 radical (unpaired) electrons. The van der Waals surface area contributed by atoms with E-state index in [-0.39, 0.29) is 35.8 Å². The Bertz CT molecular complexity index is 1530. The third-order valence-corrected chi connectivity index (χ3v) is 9.09. The summed E-state index contributed by atoms with van der Waals surface area (Å²) in [6.07, 6.45) is 1.13. The summed E-state index contributed by atoms with van der Waals surface area (Å²) in [6, 6.07) is 8.72. The number of ether oxygens (including phenoxy) is 2. The van der Waals surface area contributed by atoms with Crippen LogP contribution in [0.5, 0.6) is 5.75 Å². The van der Waals surface area contributed by atoms with E-state index in [1.54, 1.807) is 34.6 Å². The van der Waals surface area contributed by atoms with Crippen LogP contribution in [-0.2, 0) is 32.4 Å². The Kier molecular flexibility index (Phi) is 11.2. The molecule has 1 aliphatic rings. The number of amides is 2. The van der Waals surface area contributed by atoms with Crippen molar-refractivity contribution >= 4 is 28.0 Å². The number of rotatable bonds is 11. The number of guanidine groups is 1. The van der Waals surface area contributed by atoms with Crippen LogP contribution in [0.25, 0.3) is 0 Å². The number of carbonyl (C=O) groups excluding carboxylic acids is 2. The summed E-state index contributed by atoms with van der Waals surface area (Å²) in [4.78, 5) is 25.8. The van der Waals surface area contributed by atoms with Gasteiger partial charge in [0.1, 0.15) is 23.0 Å². The minimum atomic E-state index is -4.13. The quantitative estimate of drug-likeness (QED) is 0.160. The lowest BCUT2D eigenvalue weighted by Gasteiger charge is -2.24. The molecule has 0 aliphatic carbocycles. The third kappa shape index (κ3) is 9.84. The first-order valence-electron chi connectivity index (χ1n) is 15.3. The molecule has 1 aliphatic heterocycles.